The van der Waals surface area contributed by atoms with Gasteiger partial charge in [-0.3, -0.25) is 4.79 Å². The Balaban J connectivity index is 1.93. The highest BCUT2D eigenvalue weighted by molar-refractivity contribution is 8.00. The van der Waals surface area contributed by atoms with E-state index in [0.717, 1.165) is 27.7 Å². The standard InChI is InChI=1S/C18H14ClNO3S2/c19-11-5-7-12(8-6-11)25-20-15-9-16(24-10-17(21)22)18(23)14-4-2-1-3-13(14)15/h1-9,20,23H,10H2,(H,21,22). The molecule has 0 heterocycles. The lowest BCUT2D eigenvalue weighted by molar-refractivity contribution is -0.133. The summed E-state index contributed by atoms with van der Waals surface area (Å²) in [5.41, 5.74) is 0.807. The quantitative estimate of drug-likeness (QED) is 0.293. The molecule has 0 atom stereocenters. The molecule has 0 bridgehead atoms. The van der Waals surface area contributed by atoms with Crippen LogP contribution in [0.3, 0.4) is 0 Å². The number of carbonyl (C=O) groups is 1. The number of anilines is 1. The summed E-state index contributed by atoms with van der Waals surface area (Å²) in [4.78, 5) is 12.4. The van der Waals surface area contributed by atoms with E-state index in [2.05, 4.69) is 4.72 Å². The molecule has 3 rings (SSSR count). The summed E-state index contributed by atoms with van der Waals surface area (Å²) in [7, 11) is 0. The van der Waals surface area contributed by atoms with E-state index in [0.29, 0.717) is 15.3 Å². The summed E-state index contributed by atoms with van der Waals surface area (Å²) >= 11 is 8.41. The van der Waals surface area contributed by atoms with Crippen molar-refractivity contribution < 1.29 is 15.0 Å². The number of phenols is 1. The fourth-order valence-electron chi connectivity index (χ4n) is 2.28. The first-order valence-electron chi connectivity index (χ1n) is 7.32. The summed E-state index contributed by atoms with van der Waals surface area (Å²) < 4.78 is 3.28. The number of halogens is 1. The number of aliphatic carboxylic acids is 1. The van der Waals surface area contributed by atoms with Crippen molar-refractivity contribution in [2.24, 2.45) is 0 Å². The average Bonchev–Trinajstić information content (AvgIpc) is 2.61. The van der Waals surface area contributed by atoms with E-state index < -0.39 is 5.97 Å². The Bertz CT molecular complexity index is 916. The minimum Gasteiger partial charge on any atom is -0.506 e. The van der Waals surface area contributed by atoms with Gasteiger partial charge >= 0.3 is 5.97 Å². The second-order valence-electron chi connectivity index (χ2n) is 5.16. The van der Waals surface area contributed by atoms with E-state index in [1.54, 1.807) is 6.07 Å². The minimum atomic E-state index is -0.928. The van der Waals surface area contributed by atoms with Gasteiger partial charge in [-0.1, -0.05) is 35.9 Å². The van der Waals surface area contributed by atoms with Gasteiger partial charge in [0.25, 0.3) is 0 Å². The zero-order chi connectivity index (χ0) is 17.8. The fraction of sp³-hybridized carbons (Fsp3) is 0.0556. The first-order valence-corrected chi connectivity index (χ1v) is 9.50. The number of thioether (sulfide) groups is 1. The van der Waals surface area contributed by atoms with Gasteiger partial charge in [0.15, 0.2) is 0 Å². The third-order valence-corrected chi connectivity index (χ3v) is 5.52. The zero-order valence-electron chi connectivity index (χ0n) is 12.9. The largest absolute Gasteiger partial charge is 0.506 e. The molecule has 0 spiro atoms. The molecule has 0 aromatic heterocycles. The molecule has 3 N–H and O–H groups in total. The van der Waals surface area contributed by atoms with Crippen LogP contribution < -0.4 is 4.72 Å². The highest BCUT2D eigenvalue weighted by atomic mass is 35.5. The molecule has 0 aliphatic carbocycles. The van der Waals surface area contributed by atoms with Gasteiger partial charge in [0.1, 0.15) is 5.75 Å². The minimum absolute atomic E-state index is 0.101. The van der Waals surface area contributed by atoms with Crippen molar-refractivity contribution in [3.8, 4) is 5.75 Å². The summed E-state index contributed by atoms with van der Waals surface area (Å²) in [5.74, 6) is -0.943. The molecule has 0 saturated carbocycles. The number of hydrogen-bond donors (Lipinski definition) is 3. The van der Waals surface area contributed by atoms with E-state index in [4.69, 9.17) is 16.7 Å². The van der Waals surface area contributed by atoms with E-state index >= 15 is 0 Å². The number of hydrogen-bond acceptors (Lipinski definition) is 5. The molecule has 3 aromatic rings. The van der Waals surface area contributed by atoms with Gasteiger partial charge in [-0.25, -0.2) is 0 Å². The molecule has 0 aliphatic heterocycles. The van der Waals surface area contributed by atoms with Crippen LogP contribution >= 0.6 is 35.3 Å². The maximum Gasteiger partial charge on any atom is 0.313 e. The van der Waals surface area contributed by atoms with Crippen LogP contribution in [0.1, 0.15) is 0 Å². The van der Waals surface area contributed by atoms with Crippen molar-refractivity contribution in [2.45, 2.75) is 9.79 Å². The molecule has 3 aromatic carbocycles. The van der Waals surface area contributed by atoms with Crippen LogP contribution in [-0.4, -0.2) is 21.9 Å². The fourth-order valence-corrected chi connectivity index (χ4v) is 3.81. The highest BCUT2D eigenvalue weighted by Gasteiger charge is 2.13. The molecule has 0 fully saturated rings. The summed E-state index contributed by atoms with van der Waals surface area (Å²) in [6.07, 6.45) is 0. The Kier molecular flexibility index (Phi) is 5.63. The van der Waals surface area contributed by atoms with Crippen LogP contribution in [0.15, 0.2) is 64.4 Å². The number of benzene rings is 3. The van der Waals surface area contributed by atoms with E-state index in [1.165, 1.54) is 11.9 Å². The number of carboxylic acids is 1. The van der Waals surface area contributed by atoms with Gasteiger partial charge in [-0.15, -0.1) is 11.8 Å². The molecule has 4 nitrogen and oxygen atoms in total. The van der Waals surface area contributed by atoms with Crippen molar-refractivity contribution >= 4 is 57.7 Å². The number of aromatic hydroxyl groups is 1. The number of rotatable bonds is 6. The Labute approximate surface area is 158 Å². The van der Waals surface area contributed by atoms with Crippen LogP contribution in [0.5, 0.6) is 5.75 Å². The summed E-state index contributed by atoms with van der Waals surface area (Å²) in [5, 5.41) is 21.5. The molecule has 0 unspecified atom stereocenters. The van der Waals surface area contributed by atoms with Gasteiger partial charge < -0.3 is 14.9 Å². The third kappa shape index (κ3) is 4.34. The molecule has 25 heavy (non-hydrogen) atoms. The van der Waals surface area contributed by atoms with Crippen LogP contribution in [0.4, 0.5) is 5.69 Å². The van der Waals surface area contributed by atoms with E-state index in [-0.39, 0.29) is 11.5 Å². The SMILES string of the molecule is O=C(O)CSc1cc(NSc2ccc(Cl)cc2)c2ccccc2c1O. The number of carboxylic acid groups (broad SMARTS) is 1. The Hall–Kier alpha value is -2.02. The average molecular weight is 392 g/mol. The summed E-state index contributed by atoms with van der Waals surface area (Å²) in [6, 6.07) is 16.7. The second kappa shape index (κ2) is 7.91. The lowest BCUT2D eigenvalue weighted by atomic mass is 10.1. The van der Waals surface area contributed by atoms with Gasteiger partial charge in [0, 0.05) is 20.7 Å². The monoisotopic (exact) mass is 391 g/mol. The van der Waals surface area contributed by atoms with E-state index in [1.807, 2.05) is 48.5 Å². The van der Waals surface area contributed by atoms with Crippen molar-refractivity contribution in [1.29, 1.82) is 0 Å². The van der Waals surface area contributed by atoms with Gasteiger partial charge in [-0.05, 0) is 42.3 Å². The zero-order valence-corrected chi connectivity index (χ0v) is 15.3. The van der Waals surface area contributed by atoms with Crippen molar-refractivity contribution in [2.75, 3.05) is 10.5 Å². The Morgan fingerprint density at radius 1 is 1.08 bits per heavy atom. The normalized spacial score (nSPS) is 10.8. The molecular weight excluding hydrogens is 378 g/mol. The van der Waals surface area contributed by atoms with Crippen molar-refractivity contribution in [3.63, 3.8) is 0 Å². The van der Waals surface area contributed by atoms with Crippen LogP contribution in [-0.2, 0) is 4.79 Å². The first kappa shape index (κ1) is 17.8. The molecule has 7 heteroatoms. The third-order valence-electron chi connectivity index (χ3n) is 3.42. The van der Waals surface area contributed by atoms with E-state index in [9.17, 15) is 9.90 Å². The molecule has 0 radical (unpaired) electrons. The first-order chi connectivity index (χ1) is 12.0. The predicted molar refractivity (Wildman–Crippen MR) is 105 cm³/mol. The van der Waals surface area contributed by atoms with Gasteiger partial charge in [0.05, 0.1) is 16.3 Å². The predicted octanol–water partition coefficient (Wildman–Crippen LogP) is 5.49. The van der Waals surface area contributed by atoms with Crippen LogP contribution in [0, 0.1) is 0 Å². The highest BCUT2D eigenvalue weighted by Crippen LogP contribution is 2.41. The van der Waals surface area contributed by atoms with Crippen LogP contribution in [0.2, 0.25) is 5.02 Å². The smallest absolute Gasteiger partial charge is 0.313 e. The lowest BCUT2D eigenvalue weighted by Gasteiger charge is -2.13. The van der Waals surface area contributed by atoms with Crippen LogP contribution in [0.25, 0.3) is 10.8 Å². The van der Waals surface area contributed by atoms with Crippen molar-refractivity contribution in [3.05, 3.63) is 59.6 Å². The molecule has 0 saturated heterocycles. The van der Waals surface area contributed by atoms with Crippen molar-refractivity contribution in [1.82, 2.24) is 0 Å². The molecule has 0 amide bonds. The number of phenolic OH excluding ortho intramolecular Hbond substituents is 1. The molecule has 128 valence electrons. The molecule has 0 aliphatic rings. The summed E-state index contributed by atoms with van der Waals surface area (Å²) in [6.45, 7) is 0. The topological polar surface area (TPSA) is 69.6 Å². The van der Waals surface area contributed by atoms with Gasteiger partial charge in [-0.2, -0.15) is 0 Å². The Morgan fingerprint density at radius 2 is 1.76 bits per heavy atom. The lowest BCUT2D eigenvalue weighted by Crippen LogP contribution is -1.98. The number of nitrogens with one attached hydrogen (secondary N) is 1. The Morgan fingerprint density at radius 3 is 2.44 bits per heavy atom. The second-order valence-corrected chi connectivity index (χ2v) is 7.49. The maximum atomic E-state index is 10.8. The van der Waals surface area contributed by atoms with Gasteiger partial charge in [0.2, 0.25) is 0 Å². The molecular formula is C18H14ClNO3S2. The number of fused-ring (bicyclic) bond motifs is 1. The maximum absolute atomic E-state index is 10.8.